The van der Waals surface area contributed by atoms with E-state index in [1.807, 2.05) is 30.3 Å². The van der Waals surface area contributed by atoms with Gasteiger partial charge in [0.15, 0.2) is 5.96 Å². The zero-order valence-corrected chi connectivity index (χ0v) is 14.7. The Bertz CT molecular complexity index is 756. The van der Waals surface area contributed by atoms with Crippen molar-refractivity contribution in [2.24, 2.45) is 4.99 Å². The standard InChI is InChI=1S/C20H24FN3O/c1-22-19(23-13-15-5-3-8-18(11-15)25-2)24-14-20(9-10-20)16-6-4-7-17(21)12-16/h3-8,11-12H,9-10,13-14H2,1-2H3,(H2,22,23,24). The van der Waals surface area contributed by atoms with Crippen LogP contribution in [0.5, 0.6) is 5.75 Å². The van der Waals surface area contributed by atoms with Crippen LogP contribution in [0, 0.1) is 5.82 Å². The van der Waals surface area contributed by atoms with E-state index in [0.29, 0.717) is 6.54 Å². The van der Waals surface area contributed by atoms with Crippen LogP contribution in [0.15, 0.2) is 53.5 Å². The van der Waals surface area contributed by atoms with Crippen LogP contribution >= 0.6 is 0 Å². The third-order valence-electron chi connectivity index (χ3n) is 4.70. The van der Waals surface area contributed by atoms with Crippen molar-refractivity contribution >= 4 is 5.96 Å². The number of hydrogen-bond acceptors (Lipinski definition) is 2. The first-order valence-corrected chi connectivity index (χ1v) is 8.49. The summed E-state index contributed by atoms with van der Waals surface area (Å²) in [6.07, 6.45) is 2.13. The zero-order valence-electron chi connectivity index (χ0n) is 14.7. The normalized spacial score (nSPS) is 15.6. The van der Waals surface area contributed by atoms with Crippen molar-refractivity contribution in [3.8, 4) is 5.75 Å². The smallest absolute Gasteiger partial charge is 0.191 e. The van der Waals surface area contributed by atoms with E-state index in [1.54, 1.807) is 26.3 Å². The number of hydrogen-bond donors (Lipinski definition) is 2. The molecule has 0 saturated heterocycles. The highest BCUT2D eigenvalue weighted by Crippen LogP contribution is 2.47. The lowest BCUT2D eigenvalue weighted by Gasteiger charge is -2.19. The second kappa shape index (κ2) is 7.55. The number of halogens is 1. The molecule has 1 fully saturated rings. The van der Waals surface area contributed by atoms with Gasteiger partial charge in [0.05, 0.1) is 7.11 Å². The first-order chi connectivity index (χ1) is 12.1. The third-order valence-corrected chi connectivity index (χ3v) is 4.70. The first kappa shape index (κ1) is 17.3. The molecule has 2 aromatic rings. The highest BCUT2D eigenvalue weighted by Gasteiger charge is 2.44. The number of methoxy groups -OCH3 is 1. The molecule has 5 heteroatoms. The molecule has 1 aliphatic rings. The second-order valence-electron chi connectivity index (χ2n) is 6.42. The average molecular weight is 341 g/mol. The van der Waals surface area contributed by atoms with Crippen LogP contribution in [0.1, 0.15) is 24.0 Å². The highest BCUT2D eigenvalue weighted by atomic mass is 19.1. The van der Waals surface area contributed by atoms with Crippen LogP contribution in [0.3, 0.4) is 0 Å². The van der Waals surface area contributed by atoms with E-state index in [0.717, 1.165) is 42.2 Å². The highest BCUT2D eigenvalue weighted by molar-refractivity contribution is 5.79. The maximum atomic E-state index is 13.5. The van der Waals surface area contributed by atoms with Crippen LogP contribution in [0.2, 0.25) is 0 Å². The summed E-state index contributed by atoms with van der Waals surface area (Å²) in [6, 6.07) is 14.8. The lowest BCUT2D eigenvalue weighted by atomic mass is 9.96. The number of nitrogens with zero attached hydrogens (tertiary/aromatic N) is 1. The van der Waals surface area contributed by atoms with Gasteiger partial charge in [-0.2, -0.15) is 0 Å². The molecular formula is C20H24FN3O. The number of nitrogens with one attached hydrogen (secondary N) is 2. The third kappa shape index (κ3) is 4.29. The van der Waals surface area contributed by atoms with Gasteiger partial charge in [-0.25, -0.2) is 4.39 Å². The summed E-state index contributed by atoms with van der Waals surface area (Å²) in [5.41, 5.74) is 2.20. The van der Waals surface area contributed by atoms with E-state index >= 15 is 0 Å². The average Bonchev–Trinajstić information content (AvgIpc) is 3.43. The van der Waals surface area contributed by atoms with Crippen LogP contribution in [-0.2, 0) is 12.0 Å². The van der Waals surface area contributed by atoms with E-state index in [9.17, 15) is 4.39 Å². The summed E-state index contributed by atoms with van der Waals surface area (Å²) < 4.78 is 18.7. The molecule has 1 saturated carbocycles. The molecule has 2 aromatic carbocycles. The van der Waals surface area contributed by atoms with E-state index in [4.69, 9.17) is 4.74 Å². The SMILES string of the molecule is CN=C(NCc1cccc(OC)c1)NCC1(c2cccc(F)c2)CC1. The minimum Gasteiger partial charge on any atom is -0.497 e. The fourth-order valence-electron chi connectivity index (χ4n) is 2.98. The maximum Gasteiger partial charge on any atom is 0.191 e. The van der Waals surface area contributed by atoms with Gasteiger partial charge < -0.3 is 15.4 Å². The monoisotopic (exact) mass is 341 g/mol. The van der Waals surface area contributed by atoms with Crippen LogP contribution < -0.4 is 15.4 Å². The van der Waals surface area contributed by atoms with E-state index in [1.165, 1.54) is 6.07 Å². The Morgan fingerprint density at radius 2 is 1.96 bits per heavy atom. The van der Waals surface area contributed by atoms with Gasteiger partial charge in [0, 0.05) is 25.6 Å². The molecule has 1 aliphatic carbocycles. The van der Waals surface area contributed by atoms with Crippen molar-refractivity contribution in [3.63, 3.8) is 0 Å². The van der Waals surface area contributed by atoms with Crippen LogP contribution in [0.25, 0.3) is 0 Å². The Kier molecular flexibility index (Phi) is 5.22. The van der Waals surface area contributed by atoms with Gasteiger partial charge in [-0.3, -0.25) is 4.99 Å². The topological polar surface area (TPSA) is 45.7 Å². The van der Waals surface area contributed by atoms with Crippen molar-refractivity contribution in [2.75, 3.05) is 20.7 Å². The molecular weight excluding hydrogens is 317 g/mol. The summed E-state index contributed by atoms with van der Waals surface area (Å²) in [7, 11) is 3.41. The lowest BCUT2D eigenvalue weighted by molar-refractivity contribution is 0.414. The number of guanidine groups is 1. The molecule has 0 amide bonds. The van der Waals surface area contributed by atoms with Gasteiger partial charge in [0.2, 0.25) is 0 Å². The van der Waals surface area contributed by atoms with Crippen LogP contribution in [0.4, 0.5) is 4.39 Å². The molecule has 0 radical (unpaired) electrons. The second-order valence-corrected chi connectivity index (χ2v) is 6.42. The first-order valence-electron chi connectivity index (χ1n) is 8.49. The van der Waals surface area contributed by atoms with Gasteiger partial charge in [0.25, 0.3) is 0 Å². The summed E-state index contributed by atoms with van der Waals surface area (Å²) in [6.45, 7) is 1.40. The molecule has 0 bridgehead atoms. The molecule has 132 valence electrons. The van der Waals surface area contributed by atoms with Crippen molar-refractivity contribution in [2.45, 2.75) is 24.8 Å². The van der Waals surface area contributed by atoms with Crippen molar-refractivity contribution in [3.05, 3.63) is 65.5 Å². The van der Waals surface area contributed by atoms with Crippen molar-refractivity contribution < 1.29 is 9.13 Å². The molecule has 0 atom stereocenters. The molecule has 4 nitrogen and oxygen atoms in total. The number of ether oxygens (including phenoxy) is 1. The number of aliphatic imine (C=N–C) groups is 1. The largest absolute Gasteiger partial charge is 0.497 e. The quantitative estimate of drug-likeness (QED) is 0.626. The molecule has 0 aromatic heterocycles. The molecule has 0 unspecified atom stereocenters. The Balaban J connectivity index is 1.56. The van der Waals surface area contributed by atoms with Crippen LogP contribution in [-0.4, -0.2) is 26.7 Å². The predicted octanol–water partition coefficient (Wildman–Crippen LogP) is 3.23. The minimum absolute atomic E-state index is 0.0235. The molecule has 2 N–H and O–H groups in total. The summed E-state index contributed by atoms with van der Waals surface area (Å²) in [5, 5.41) is 6.68. The fraction of sp³-hybridized carbons (Fsp3) is 0.350. The van der Waals surface area contributed by atoms with Crippen molar-refractivity contribution in [1.29, 1.82) is 0 Å². The number of rotatable bonds is 6. The predicted molar refractivity (Wildman–Crippen MR) is 98.5 cm³/mol. The minimum atomic E-state index is -0.177. The van der Waals surface area contributed by atoms with Gasteiger partial charge in [-0.15, -0.1) is 0 Å². The molecule has 25 heavy (non-hydrogen) atoms. The Labute approximate surface area is 148 Å². The molecule has 0 heterocycles. The summed E-state index contributed by atoms with van der Waals surface area (Å²) >= 11 is 0. The van der Waals surface area contributed by atoms with Gasteiger partial charge in [0.1, 0.15) is 11.6 Å². The van der Waals surface area contributed by atoms with Gasteiger partial charge in [-0.1, -0.05) is 24.3 Å². The van der Waals surface area contributed by atoms with Gasteiger partial charge in [-0.05, 0) is 48.2 Å². The lowest BCUT2D eigenvalue weighted by Crippen LogP contribution is -2.40. The summed E-state index contributed by atoms with van der Waals surface area (Å²) in [5.74, 6) is 1.40. The Morgan fingerprint density at radius 1 is 1.16 bits per heavy atom. The van der Waals surface area contributed by atoms with E-state index < -0.39 is 0 Å². The molecule has 3 rings (SSSR count). The Hall–Kier alpha value is -2.56. The van der Waals surface area contributed by atoms with E-state index in [-0.39, 0.29) is 11.2 Å². The zero-order chi connectivity index (χ0) is 17.7. The Morgan fingerprint density at radius 3 is 2.64 bits per heavy atom. The van der Waals surface area contributed by atoms with Crippen molar-refractivity contribution in [1.82, 2.24) is 10.6 Å². The summed E-state index contributed by atoms with van der Waals surface area (Å²) in [4.78, 5) is 4.28. The number of benzene rings is 2. The molecule has 0 spiro atoms. The maximum absolute atomic E-state index is 13.5. The molecule has 0 aliphatic heterocycles. The fourth-order valence-corrected chi connectivity index (χ4v) is 2.98. The van der Waals surface area contributed by atoms with Gasteiger partial charge >= 0.3 is 0 Å². The van der Waals surface area contributed by atoms with E-state index in [2.05, 4.69) is 15.6 Å².